The van der Waals surface area contributed by atoms with Crippen molar-refractivity contribution in [3.05, 3.63) is 40.1 Å². The number of rotatable bonds is 7. The molecule has 1 aliphatic rings. The van der Waals surface area contributed by atoms with Gasteiger partial charge >= 0.3 is 0 Å². The molecule has 1 saturated heterocycles. The van der Waals surface area contributed by atoms with E-state index in [1.165, 1.54) is 25.1 Å². The van der Waals surface area contributed by atoms with Crippen molar-refractivity contribution in [1.29, 1.82) is 0 Å². The lowest BCUT2D eigenvalue weighted by molar-refractivity contribution is 0.103. The van der Waals surface area contributed by atoms with Gasteiger partial charge in [-0.05, 0) is 26.0 Å². The molecule has 0 amide bonds. The molecule has 0 bridgehead atoms. The van der Waals surface area contributed by atoms with Crippen molar-refractivity contribution in [3.8, 4) is 5.88 Å². The summed E-state index contributed by atoms with van der Waals surface area (Å²) in [7, 11) is -0.888. The van der Waals surface area contributed by atoms with Crippen LogP contribution < -0.4 is 14.5 Å². The van der Waals surface area contributed by atoms with Crippen LogP contribution in [0, 0.1) is 0 Å². The zero-order chi connectivity index (χ0) is 24.4. The van der Waals surface area contributed by atoms with Crippen LogP contribution in [0.5, 0.6) is 5.88 Å². The van der Waals surface area contributed by atoms with E-state index in [-0.39, 0.29) is 18.4 Å². The summed E-state index contributed by atoms with van der Waals surface area (Å²) in [4.78, 5) is 21.0. The predicted molar refractivity (Wildman–Crippen MR) is 132 cm³/mol. The van der Waals surface area contributed by atoms with Crippen LogP contribution in [0.2, 0.25) is 10.0 Å². The van der Waals surface area contributed by atoms with Gasteiger partial charge in [-0.15, -0.1) is 0 Å². The maximum atomic E-state index is 11.9. The minimum atomic E-state index is -1.07. The quantitative estimate of drug-likeness (QED) is 0.443. The van der Waals surface area contributed by atoms with E-state index in [1.54, 1.807) is 18.2 Å². The van der Waals surface area contributed by atoms with Gasteiger partial charge in [-0.2, -0.15) is 9.97 Å². The summed E-state index contributed by atoms with van der Waals surface area (Å²) in [6, 6.07) is 5.17. The van der Waals surface area contributed by atoms with Gasteiger partial charge in [0.2, 0.25) is 11.8 Å². The number of nitrogens with zero attached hydrogens (tertiary/aromatic N) is 6. The van der Waals surface area contributed by atoms with Crippen LogP contribution >= 0.6 is 23.2 Å². The zero-order valence-corrected chi connectivity index (χ0v) is 20.9. The maximum absolute atomic E-state index is 11.9. The van der Waals surface area contributed by atoms with Crippen LogP contribution in [-0.4, -0.2) is 71.4 Å². The Morgan fingerprint density at radius 2 is 1.74 bits per heavy atom. The Morgan fingerprint density at radius 1 is 1.09 bits per heavy atom. The topological polar surface area (TPSA) is 125 Å². The van der Waals surface area contributed by atoms with Crippen molar-refractivity contribution in [2.75, 3.05) is 34.4 Å². The average Bonchev–Trinajstić information content (AvgIpc) is 2.78. The maximum Gasteiger partial charge on any atom is 0.244 e. The molecule has 0 saturated carbocycles. The fraction of sp³-hybridized carbons (Fsp3) is 0.429. The molecular weight excluding hydrogens is 503 g/mol. The van der Waals surface area contributed by atoms with E-state index in [1.807, 2.05) is 4.90 Å². The fourth-order valence-corrected chi connectivity index (χ4v) is 5.21. The minimum Gasteiger partial charge on any atom is -0.471 e. The number of ether oxygens (including phenoxy) is 1. The highest BCUT2D eigenvalue weighted by molar-refractivity contribution is 7.85. The minimum absolute atomic E-state index is 0.0402. The van der Waals surface area contributed by atoms with Crippen LogP contribution in [0.15, 0.2) is 24.5 Å². The summed E-state index contributed by atoms with van der Waals surface area (Å²) in [5.74, 6) is 1.72. The fourth-order valence-electron chi connectivity index (χ4n) is 3.65. The van der Waals surface area contributed by atoms with Gasteiger partial charge < -0.3 is 19.8 Å². The highest BCUT2D eigenvalue weighted by Gasteiger charge is 2.27. The Labute approximate surface area is 209 Å². The highest BCUT2D eigenvalue weighted by atomic mass is 35.5. The molecule has 4 rings (SSSR count). The number of aliphatic hydroxyl groups excluding tert-OH is 2. The van der Waals surface area contributed by atoms with Crippen molar-refractivity contribution in [2.24, 2.45) is 0 Å². The predicted octanol–water partition coefficient (Wildman–Crippen LogP) is 2.36. The molecule has 3 heterocycles. The molecule has 13 heteroatoms. The van der Waals surface area contributed by atoms with Crippen LogP contribution in [0.4, 0.5) is 11.8 Å². The second kappa shape index (κ2) is 10.5. The molecular formula is C21H24Cl2N6O4S. The van der Waals surface area contributed by atoms with Crippen LogP contribution in [-0.2, 0) is 17.4 Å². The lowest BCUT2D eigenvalue weighted by Gasteiger charge is -2.31. The number of fused-ring (bicyclic) bond motifs is 1. The molecule has 0 radical (unpaired) electrons. The van der Waals surface area contributed by atoms with E-state index in [4.69, 9.17) is 27.9 Å². The van der Waals surface area contributed by atoms with E-state index < -0.39 is 23.3 Å². The summed E-state index contributed by atoms with van der Waals surface area (Å²) in [5.41, 5.74) is 1.33. The Bertz CT molecular complexity index is 1180. The number of hydrogen-bond acceptors (Lipinski definition) is 10. The summed E-state index contributed by atoms with van der Waals surface area (Å²) in [6.07, 6.45) is -0.799. The zero-order valence-electron chi connectivity index (χ0n) is 18.6. The Kier molecular flexibility index (Phi) is 7.68. The van der Waals surface area contributed by atoms with Gasteiger partial charge in [0.05, 0.1) is 0 Å². The van der Waals surface area contributed by atoms with Gasteiger partial charge in [0.15, 0.2) is 11.3 Å². The van der Waals surface area contributed by atoms with Crippen molar-refractivity contribution in [1.82, 2.24) is 19.9 Å². The SMILES string of the molecule is CC(O)N(c1nc(N2CCS(=O)CC2)c2ncnc(OCc3c(Cl)cccc3Cl)c2n1)C(C)O. The van der Waals surface area contributed by atoms with Crippen molar-refractivity contribution in [2.45, 2.75) is 32.9 Å². The molecule has 34 heavy (non-hydrogen) atoms. The molecule has 1 aliphatic heterocycles. The number of hydrogen-bond donors (Lipinski definition) is 2. The molecule has 0 aliphatic carbocycles. The molecule has 1 aromatic carbocycles. The first-order valence-electron chi connectivity index (χ1n) is 10.6. The Balaban J connectivity index is 1.81. The van der Waals surface area contributed by atoms with Crippen molar-refractivity contribution >= 4 is 56.8 Å². The Morgan fingerprint density at radius 3 is 2.35 bits per heavy atom. The molecule has 10 nitrogen and oxygen atoms in total. The largest absolute Gasteiger partial charge is 0.471 e. The third-order valence-corrected chi connectivity index (χ3v) is 7.33. The smallest absolute Gasteiger partial charge is 0.244 e. The van der Waals surface area contributed by atoms with Crippen molar-refractivity contribution < 1.29 is 19.2 Å². The van der Waals surface area contributed by atoms with E-state index in [0.29, 0.717) is 57.1 Å². The molecule has 2 N–H and O–H groups in total. The number of halogens is 2. The third kappa shape index (κ3) is 5.18. The molecule has 0 spiro atoms. The summed E-state index contributed by atoms with van der Waals surface area (Å²) >= 11 is 12.5. The monoisotopic (exact) mass is 526 g/mol. The lowest BCUT2D eigenvalue weighted by Crippen LogP contribution is -2.42. The Hall–Kier alpha value is -2.31. The number of aromatic nitrogens is 4. The van der Waals surface area contributed by atoms with Gasteiger partial charge in [-0.3, -0.25) is 9.11 Å². The number of anilines is 2. The number of benzene rings is 1. The van der Waals surface area contributed by atoms with Gasteiger partial charge in [0, 0.05) is 51.0 Å². The molecule has 3 aromatic rings. The molecule has 1 fully saturated rings. The molecule has 2 unspecified atom stereocenters. The summed E-state index contributed by atoms with van der Waals surface area (Å²) in [5, 5.41) is 21.4. The highest BCUT2D eigenvalue weighted by Crippen LogP contribution is 2.32. The van der Waals surface area contributed by atoms with E-state index in [9.17, 15) is 14.4 Å². The van der Waals surface area contributed by atoms with Crippen LogP contribution in [0.25, 0.3) is 11.0 Å². The standard InChI is InChI=1S/C21H24Cl2N6O4S/c1-12(30)29(13(2)31)21-26-18-17(19(27-21)28-6-8-34(32)9-7-28)24-11-25-20(18)33-10-14-15(22)4-3-5-16(14)23/h3-5,11-13,30-31H,6-10H2,1-2H3. The van der Waals surface area contributed by atoms with E-state index in [0.717, 1.165) is 0 Å². The second-order valence-corrected chi connectivity index (χ2v) is 10.2. The summed E-state index contributed by atoms with van der Waals surface area (Å²) < 4.78 is 17.9. The second-order valence-electron chi connectivity index (χ2n) is 7.72. The normalized spacial score (nSPS) is 16.5. The van der Waals surface area contributed by atoms with Gasteiger partial charge in [0.1, 0.15) is 30.9 Å². The average molecular weight is 527 g/mol. The van der Waals surface area contributed by atoms with Gasteiger partial charge in [-0.25, -0.2) is 9.97 Å². The van der Waals surface area contributed by atoms with Crippen LogP contribution in [0.1, 0.15) is 19.4 Å². The van der Waals surface area contributed by atoms with E-state index in [2.05, 4.69) is 19.9 Å². The lowest BCUT2D eigenvalue weighted by atomic mass is 10.2. The number of aliphatic hydroxyl groups is 2. The van der Waals surface area contributed by atoms with Crippen LogP contribution in [0.3, 0.4) is 0 Å². The summed E-state index contributed by atoms with van der Waals surface area (Å²) in [6.45, 7) is 4.07. The first-order chi connectivity index (χ1) is 16.3. The van der Waals surface area contributed by atoms with Gasteiger partial charge in [0.25, 0.3) is 0 Å². The van der Waals surface area contributed by atoms with Gasteiger partial charge in [-0.1, -0.05) is 29.3 Å². The first-order valence-corrected chi connectivity index (χ1v) is 12.8. The first kappa shape index (κ1) is 24.8. The molecule has 2 atom stereocenters. The van der Waals surface area contributed by atoms with E-state index >= 15 is 0 Å². The molecule has 182 valence electrons. The van der Waals surface area contributed by atoms with Crippen molar-refractivity contribution in [3.63, 3.8) is 0 Å². The molecule has 2 aromatic heterocycles. The third-order valence-electron chi connectivity index (χ3n) is 5.35.